The Kier molecular flexibility index (Phi) is 6.29. The van der Waals surface area contributed by atoms with E-state index in [1.165, 1.54) is 6.42 Å². The first-order valence-corrected chi connectivity index (χ1v) is 6.98. The number of nitrogens with one attached hydrogen (secondary N) is 1. The van der Waals surface area contributed by atoms with Gasteiger partial charge in [0, 0.05) is 22.5 Å². The van der Waals surface area contributed by atoms with Crippen molar-refractivity contribution in [2.24, 2.45) is 0 Å². The summed E-state index contributed by atoms with van der Waals surface area (Å²) < 4.78 is 1.09. The predicted octanol–water partition coefficient (Wildman–Crippen LogP) is 3.32. The number of aromatic nitrogens is 1. The standard InChI is InChI=1S/C11H17BrN2S/c1-3-13-9(2)6-8-15-11-10(12)5-4-7-14-11/h4-5,7,9,13H,3,6,8H2,1-2H3. The zero-order valence-corrected chi connectivity index (χ0v) is 11.6. The molecular formula is C11H17BrN2S. The van der Waals surface area contributed by atoms with Gasteiger partial charge in [0.1, 0.15) is 5.03 Å². The number of hydrogen-bond donors (Lipinski definition) is 1. The monoisotopic (exact) mass is 288 g/mol. The van der Waals surface area contributed by atoms with Crippen molar-refractivity contribution in [3.8, 4) is 0 Å². The zero-order chi connectivity index (χ0) is 11.1. The maximum Gasteiger partial charge on any atom is 0.110 e. The molecule has 0 fully saturated rings. The third-order valence-corrected chi connectivity index (χ3v) is 4.01. The smallest absolute Gasteiger partial charge is 0.110 e. The first-order chi connectivity index (χ1) is 7.24. The lowest BCUT2D eigenvalue weighted by molar-refractivity contribution is 0.556. The molecule has 15 heavy (non-hydrogen) atoms. The normalized spacial score (nSPS) is 12.7. The second kappa shape index (κ2) is 7.25. The SMILES string of the molecule is CCNC(C)CCSc1ncccc1Br. The highest BCUT2D eigenvalue weighted by Gasteiger charge is 2.03. The maximum atomic E-state index is 4.32. The fourth-order valence-corrected chi connectivity index (χ4v) is 2.86. The Balaban J connectivity index is 2.29. The summed E-state index contributed by atoms with van der Waals surface area (Å²) in [6.45, 7) is 5.40. The molecule has 0 bridgehead atoms. The Labute approximate surface area is 104 Å². The van der Waals surface area contributed by atoms with Gasteiger partial charge in [-0.25, -0.2) is 4.98 Å². The fourth-order valence-electron chi connectivity index (χ4n) is 1.26. The predicted molar refractivity (Wildman–Crippen MR) is 70.4 cm³/mol. The molecule has 1 atom stereocenters. The van der Waals surface area contributed by atoms with Crippen molar-refractivity contribution in [2.75, 3.05) is 12.3 Å². The molecule has 0 aliphatic rings. The summed E-state index contributed by atoms with van der Waals surface area (Å²) in [5.74, 6) is 1.10. The van der Waals surface area contributed by atoms with Crippen LogP contribution >= 0.6 is 27.7 Å². The molecule has 1 unspecified atom stereocenters. The molecule has 0 saturated carbocycles. The van der Waals surface area contributed by atoms with E-state index < -0.39 is 0 Å². The quantitative estimate of drug-likeness (QED) is 0.813. The maximum absolute atomic E-state index is 4.32. The molecule has 1 heterocycles. The second-order valence-corrected chi connectivity index (χ2v) is 5.32. The summed E-state index contributed by atoms with van der Waals surface area (Å²) in [6.07, 6.45) is 3.00. The third-order valence-electron chi connectivity index (χ3n) is 2.07. The lowest BCUT2D eigenvalue weighted by Crippen LogP contribution is -2.25. The minimum atomic E-state index is 0.588. The highest BCUT2D eigenvalue weighted by Crippen LogP contribution is 2.25. The Hall–Kier alpha value is -0.0600. The summed E-state index contributed by atoms with van der Waals surface area (Å²) in [4.78, 5) is 4.32. The molecule has 0 amide bonds. The molecule has 0 aromatic carbocycles. The van der Waals surface area contributed by atoms with Crippen molar-refractivity contribution >= 4 is 27.7 Å². The molecule has 0 aliphatic carbocycles. The van der Waals surface area contributed by atoms with Gasteiger partial charge in [-0.1, -0.05) is 6.92 Å². The summed E-state index contributed by atoms with van der Waals surface area (Å²) in [7, 11) is 0. The molecular weight excluding hydrogens is 272 g/mol. The molecule has 2 nitrogen and oxygen atoms in total. The first-order valence-electron chi connectivity index (χ1n) is 5.20. The van der Waals surface area contributed by atoms with Gasteiger partial charge in [-0.2, -0.15) is 0 Å². The Morgan fingerprint density at radius 3 is 3.07 bits per heavy atom. The van der Waals surface area contributed by atoms with Crippen LogP contribution in [0, 0.1) is 0 Å². The van der Waals surface area contributed by atoms with Gasteiger partial charge < -0.3 is 5.32 Å². The second-order valence-electron chi connectivity index (χ2n) is 3.39. The van der Waals surface area contributed by atoms with Crippen molar-refractivity contribution in [2.45, 2.75) is 31.3 Å². The lowest BCUT2D eigenvalue weighted by atomic mass is 10.3. The topological polar surface area (TPSA) is 24.9 Å². The van der Waals surface area contributed by atoms with E-state index in [2.05, 4.69) is 40.1 Å². The van der Waals surface area contributed by atoms with E-state index in [1.807, 2.05) is 18.3 Å². The van der Waals surface area contributed by atoms with Crippen LogP contribution < -0.4 is 5.32 Å². The minimum absolute atomic E-state index is 0.588. The molecule has 84 valence electrons. The highest BCUT2D eigenvalue weighted by molar-refractivity contribution is 9.10. The molecule has 1 rings (SSSR count). The van der Waals surface area contributed by atoms with Crippen LogP contribution in [0.4, 0.5) is 0 Å². The van der Waals surface area contributed by atoms with E-state index in [0.717, 1.165) is 21.8 Å². The Morgan fingerprint density at radius 2 is 2.40 bits per heavy atom. The average Bonchev–Trinajstić information content (AvgIpc) is 2.21. The minimum Gasteiger partial charge on any atom is -0.315 e. The molecule has 1 aromatic rings. The zero-order valence-electron chi connectivity index (χ0n) is 9.16. The third kappa shape index (κ3) is 5.00. The van der Waals surface area contributed by atoms with Crippen LogP contribution in [0.1, 0.15) is 20.3 Å². The van der Waals surface area contributed by atoms with E-state index in [0.29, 0.717) is 6.04 Å². The number of nitrogens with zero attached hydrogens (tertiary/aromatic N) is 1. The van der Waals surface area contributed by atoms with Gasteiger partial charge in [0.25, 0.3) is 0 Å². The van der Waals surface area contributed by atoms with Crippen molar-refractivity contribution < 1.29 is 0 Å². The van der Waals surface area contributed by atoms with Crippen LogP contribution in [0.3, 0.4) is 0 Å². The molecule has 0 aliphatic heterocycles. The molecule has 1 N–H and O–H groups in total. The largest absolute Gasteiger partial charge is 0.315 e. The van der Waals surface area contributed by atoms with Gasteiger partial charge in [0.2, 0.25) is 0 Å². The van der Waals surface area contributed by atoms with Crippen LogP contribution in [-0.4, -0.2) is 23.3 Å². The number of halogens is 1. The fraction of sp³-hybridized carbons (Fsp3) is 0.545. The van der Waals surface area contributed by atoms with Crippen molar-refractivity contribution in [3.05, 3.63) is 22.8 Å². The van der Waals surface area contributed by atoms with Crippen LogP contribution in [0.2, 0.25) is 0 Å². The van der Waals surface area contributed by atoms with Gasteiger partial charge >= 0.3 is 0 Å². The van der Waals surface area contributed by atoms with Crippen LogP contribution in [0.15, 0.2) is 27.8 Å². The number of rotatable bonds is 6. The van der Waals surface area contributed by atoms with E-state index >= 15 is 0 Å². The average molecular weight is 289 g/mol. The van der Waals surface area contributed by atoms with Crippen molar-refractivity contribution in [1.29, 1.82) is 0 Å². The molecule has 4 heteroatoms. The molecule has 0 spiro atoms. The summed E-state index contributed by atoms with van der Waals surface area (Å²) in [5, 5.41) is 4.49. The van der Waals surface area contributed by atoms with Crippen molar-refractivity contribution in [3.63, 3.8) is 0 Å². The van der Waals surface area contributed by atoms with Crippen LogP contribution in [0.25, 0.3) is 0 Å². The highest BCUT2D eigenvalue weighted by atomic mass is 79.9. The van der Waals surface area contributed by atoms with Gasteiger partial charge in [-0.15, -0.1) is 11.8 Å². The molecule has 0 radical (unpaired) electrons. The number of pyridine rings is 1. The van der Waals surface area contributed by atoms with E-state index in [-0.39, 0.29) is 0 Å². The molecule has 0 saturated heterocycles. The Bertz CT molecular complexity index is 294. The van der Waals surface area contributed by atoms with Crippen LogP contribution in [0.5, 0.6) is 0 Å². The van der Waals surface area contributed by atoms with Gasteiger partial charge in [0.05, 0.1) is 0 Å². The summed E-state index contributed by atoms with van der Waals surface area (Å²) >= 11 is 5.30. The van der Waals surface area contributed by atoms with E-state index in [4.69, 9.17) is 0 Å². The van der Waals surface area contributed by atoms with Crippen molar-refractivity contribution in [1.82, 2.24) is 10.3 Å². The van der Waals surface area contributed by atoms with Gasteiger partial charge in [-0.05, 0) is 48.0 Å². The first kappa shape index (κ1) is 13.0. The van der Waals surface area contributed by atoms with Gasteiger partial charge in [0.15, 0.2) is 0 Å². The Morgan fingerprint density at radius 1 is 1.60 bits per heavy atom. The molecule has 1 aromatic heterocycles. The number of hydrogen-bond acceptors (Lipinski definition) is 3. The number of thioether (sulfide) groups is 1. The van der Waals surface area contributed by atoms with E-state index in [9.17, 15) is 0 Å². The summed E-state index contributed by atoms with van der Waals surface area (Å²) in [5.41, 5.74) is 0. The summed E-state index contributed by atoms with van der Waals surface area (Å²) in [6, 6.07) is 4.56. The van der Waals surface area contributed by atoms with Gasteiger partial charge in [-0.3, -0.25) is 0 Å². The lowest BCUT2D eigenvalue weighted by Gasteiger charge is -2.11. The van der Waals surface area contributed by atoms with E-state index in [1.54, 1.807) is 11.8 Å². The van der Waals surface area contributed by atoms with Crippen LogP contribution in [-0.2, 0) is 0 Å².